The highest BCUT2D eigenvalue weighted by molar-refractivity contribution is 5.80. The topological polar surface area (TPSA) is 38.3 Å². The number of hydrogen-bond donors (Lipinski definition) is 1. The van der Waals surface area contributed by atoms with Crippen molar-refractivity contribution in [1.29, 1.82) is 0 Å². The molecule has 1 N–H and O–H groups in total. The summed E-state index contributed by atoms with van der Waals surface area (Å²) < 4.78 is 18.7. The van der Waals surface area contributed by atoms with E-state index >= 15 is 0 Å². The molecule has 0 bridgehead atoms. The molecule has 2 aromatic rings. The van der Waals surface area contributed by atoms with Crippen LogP contribution in [0.3, 0.4) is 0 Å². The molecule has 0 unspecified atom stereocenters. The fourth-order valence-electron chi connectivity index (χ4n) is 2.67. The molecule has 1 amide bonds. The van der Waals surface area contributed by atoms with Gasteiger partial charge in [0.2, 0.25) is 0 Å². The van der Waals surface area contributed by atoms with Crippen molar-refractivity contribution in [3.8, 4) is 5.75 Å². The van der Waals surface area contributed by atoms with Crippen molar-refractivity contribution in [1.82, 2.24) is 5.32 Å². The molecule has 4 heteroatoms. The fraction of sp³-hybridized carbons (Fsp3) is 0.381. The average Bonchev–Trinajstić information content (AvgIpc) is 2.57. The Labute approximate surface area is 149 Å². The van der Waals surface area contributed by atoms with Gasteiger partial charge in [-0.2, -0.15) is 0 Å². The highest BCUT2D eigenvalue weighted by Crippen LogP contribution is 2.24. The van der Waals surface area contributed by atoms with E-state index < -0.39 is 6.10 Å². The van der Waals surface area contributed by atoms with E-state index in [1.807, 2.05) is 26.8 Å². The number of hydrogen-bond acceptors (Lipinski definition) is 2. The molecule has 0 fully saturated rings. The molecule has 0 aromatic heterocycles. The lowest BCUT2D eigenvalue weighted by Gasteiger charge is -2.18. The molecule has 3 nitrogen and oxygen atoms in total. The third-order valence-electron chi connectivity index (χ3n) is 4.29. The van der Waals surface area contributed by atoms with Crippen LogP contribution in [0.5, 0.6) is 5.75 Å². The van der Waals surface area contributed by atoms with E-state index in [1.54, 1.807) is 19.1 Å². The summed E-state index contributed by atoms with van der Waals surface area (Å²) in [7, 11) is 0. The first-order chi connectivity index (χ1) is 11.9. The van der Waals surface area contributed by atoms with Crippen LogP contribution in [0.4, 0.5) is 4.39 Å². The summed E-state index contributed by atoms with van der Waals surface area (Å²) in [4.78, 5) is 12.2. The zero-order chi connectivity index (χ0) is 18.4. The van der Waals surface area contributed by atoms with Crippen LogP contribution in [0.2, 0.25) is 0 Å². The fourth-order valence-corrected chi connectivity index (χ4v) is 2.67. The van der Waals surface area contributed by atoms with Crippen LogP contribution in [0.15, 0.2) is 36.4 Å². The van der Waals surface area contributed by atoms with Crippen molar-refractivity contribution in [3.05, 3.63) is 64.5 Å². The van der Waals surface area contributed by atoms with Gasteiger partial charge in [0.15, 0.2) is 6.10 Å². The summed E-state index contributed by atoms with van der Waals surface area (Å²) >= 11 is 0. The van der Waals surface area contributed by atoms with E-state index in [9.17, 15) is 9.18 Å². The van der Waals surface area contributed by atoms with E-state index in [4.69, 9.17) is 4.74 Å². The Kier molecular flexibility index (Phi) is 6.57. The summed E-state index contributed by atoms with van der Waals surface area (Å²) in [6.07, 6.45) is 1.05. The number of benzene rings is 2. The Hall–Kier alpha value is -2.36. The maximum atomic E-state index is 12.9. The highest BCUT2D eigenvalue weighted by atomic mass is 19.1. The minimum atomic E-state index is -0.550. The van der Waals surface area contributed by atoms with Gasteiger partial charge in [-0.3, -0.25) is 4.79 Å². The van der Waals surface area contributed by atoms with Crippen molar-refractivity contribution in [3.63, 3.8) is 0 Å². The number of carbonyl (C=O) groups is 1. The van der Waals surface area contributed by atoms with Gasteiger partial charge in [0.1, 0.15) is 11.6 Å². The molecule has 0 heterocycles. The molecule has 0 saturated heterocycles. The van der Waals surface area contributed by atoms with Gasteiger partial charge in [0.05, 0.1) is 0 Å². The van der Waals surface area contributed by atoms with Gasteiger partial charge in [0.25, 0.3) is 5.91 Å². The van der Waals surface area contributed by atoms with Crippen molar-refractivity contribution < 1.29 is 13.9 Å². The van der Waals surface area contributed by atoms with Crippen LogP contribution in [0.1, 0.15) is 35.6 Å². The molecule has 0 saturated carbocycles. The standard InChI is InChI=1S/C21H26FNO2/c1-14-12-15(2)16(3)20(13-14)25-17(4)21(24)23-11-5-6-18-7-9-19(22)10-8-18/h7-10,12-13,17H,5-6,11H2,1-4H3,(H,23,24)/t17-/m1/s1. The van der Waals surface area contributed by atoms with Crippen LogP contribution in [-0.4, -0.2) is 18.6 Å². The number of halogens is 1. The zero-order valence-electron chi connectivity index (χ0n) is 15.4. The summed E-state index contributed by atoms with van der Waals surface area (Å²) in [5.41, 5.74) is 4.39. The minimum Gasteiger partial charge on any atom is -0.481 e. The van der Waals surface area contributed by atoms with Crippen LogP contribution >= 0.6 is 0 Å². The lowest BCUT2D eigenvalue weighted by Crippen LogP contribution is -2.37. The maximum Gasteiger partial charge on any atom is 0.260 e. The monoisotopic (exact) mass is 343 g/mol. The predicted octanol–water partition coefficient (Wildman–Crippen LogP) is 4.27. The molecule has 0 aliphatic heterocycles. The van der Waals surface area contributed by atoms with Crippen molar-refractivity contribution in [2.45, 2.75) is 46.6 Å². The normalized spacial score (nSPS) is 11.9. The number of rotatable bonds is 7. The smallest absolute Gasteiger partial charge is 0.260 e. The third-order valence-corrected chi connectivity index (χ3v) is 4.29. The van der Waals surface area contributed by atoms with Crippen LogP contribution in [0.25, 0.3) is 0 Å². The van der Waals surface area contributed by atoms with Gasteiger partial charge < -0.3 is 10.1 Å². The number of ether oxygens (including phenoxy) is 1. The Balaban J connectivity index is 1.79. The summed E-state index contributed by atoms with van der Waals surface area (Å²) in [5.74, 6) is 0.397. The van der Waals surface area contributed by atoms with Gasteiger partial charge >= 0.3 is 0 Å². The Morgan fingerprint density at radius 2 is 1.84 bits per heavy atom. The molecule has 0 spiro atoms. The van der Waals surface area contributed by atoms with Crippen molar-refractivity contribution in [2.24, 2.45) is 0 Å². The first-order valence-corrected chi connectivity index (χ1v) is 8.63. The average molecular weight is 343 g/mol. The second kappa shape index (κ2) is 8.65. The van der Waals surface area contributed by atoms with Gasteiger partial charge in [-0.15, -0.1) is 0 Å². The number of carbonyl (C=O) groups excluding carboxylic acids is 1. The van der Waals surface area contributed by atoms with Crippen molar-refractivity contribution in [2.75, 3.05) is 6.54 Å². The molecular weight excluding hydrogens is 317 g/mol. The van der Waals surface area contributed by atoms with Gasteiger partial charge in [-0.25, -0.2) is 4.39 Å². The van der Waals surface area contributed by atoms with Gasteiger partial charge in [-0.05, 0) is 81.0 Å². The highest BCUT2D eigenvalue weighted by Gasteiger charge is 2.16. The molecule has 134 valence electrons. The van der Waals surface area contributed by atoms with Crippen LogP contribution in [0, 0.1) is 26.6 Å². The predicted molar refractivity (Wildman–Crippen MR) is 98.5 cm³/mol. The van der Waals surface area contributed by atoms with E-state index in [2.05, 4.69) is 11.4 Å². The zero-order valence-corrected chi connectivity index (χ0v) is 15.4. The molecule has 2 rings (SSSR count). The maximum absolute atomic E-state index is 12.9. The Bertz CT molecular complexity index is 725. The van der Waals surface area contributed by atoms with E-state index in [0.717, 1.165) is 40.8 Å². The molecule has 2 aromatic carbocycles. The molecule has 0 aliphatic carbocycles. The van der Waals surface area contributed by atoms with E-state index in [0.29, 0.717) is 6.54 Å². The number of nitrogens with one attached hydrogen (secondary N) is 1. The lowest BCUT2D eigenvalue weighted by atomic mass is 10.1. The van der Waals surface area contributed by atoms with Crippen LogP contribution in [-0.2, 0) is 11.2 Å². The van der Waals surface area contributed by atoms with E-state index in [-0.39, 0.29) is 11.7 Å². The molecule has 25 heavy (non-hydrogen) atoms. The number of amides is 1. The Morgan fingerprint density at radius 3 is 2.52 bits per heavy atom. The van der Waals surface area contributed by atoms with Crippen molar-refractivity contribution >= 4 is 5.91 Å². The molecule has 0 radical (unpaired) electrons. The van der Waals surface area contributed by atoms with E-state index in [1.165, 1.54) is 12.1 Å². The SMILES string of the molecule is Cc1cc(C)c(C)c(O[C@H](C)C(=O)NCCCc2ccc(F)cc2)c1. The summed E-state index contributed by atoms with van der Waals surface area (Å²) in [6, 6.07) is 10.5. The quantitative estimate of drug-likeness (QED) is 0.763. The number of aryl methyl sites for hydroxylation is 3. The summed E-state index contributed by atoms with van der Waals surface area (Å²) in [5, 5.41) is 2.89. The second-order valence-electron chi connectivity index (χ2n) is 6.49. The molecular formula is C21H26FNO2. The lowest BCUT2D eigenvalue weighted by molar-refractivity contribution is -0.127. The van der Waals surface area contributed by atoms with Crippen LogP contribution < -0.4 is 10.1 Å². The first-order valence-electron chi connectivity index (χ1n) is 8.63. The third kappa shape index (κ3) is 5.59. The van der Waals surface area contributed by atoms with Gasteiger partial charge in [-0.1, -0.05) is 18.2 Å². The summed E-state index contributed by atoms with van der Waals surface area (Å²) in [6.45, 7) is 8.37. The first kappa shape index (κ1) is 19.0. The largest absolute Gasteiger partial charge is 0.481 e. The molecule has 0 aliphatic rings. The Morgan fingerprint density at radius 1 is 1.16 bits per heavy atom. The second-order valence-corrected chi connectivity index (χ2v) is 6.49. The van der Waals surface area contributed by atoms with Gasteiger partial charge in [0, 0.05) is 6.54 Å². The minimum absolute atomic E-state index is 0.127. The molecule has 1 atom stereocenters.